The van der Waals surface area contributed by atoms with Crippen LogP contribution >= 0.6 is 15.9 Å². The van der Waals surface area contributed by atoms with Gasteiger partial charge in [-0.25, -0.2) is 9.97 Å². The van der Waals surface area contributed by atoms with Crippen LogP contribution in [0.3, 0.4) is 0 Å². The van der Waals surface area contributed by atoms with Crippen molar-refractivity contribution in [3.05, 3.63) is 23.2 Å². The van der Waals surface area contributed by atoms with Crippen LogP contribution in [-0.2, 0) is 0 Å². The van der Waals surface area contributed by atoms with Gasteiger partial charge >= 0.3 is 0 Å². The molecular formula is C13H20BrN5. The first-order valence-electron chi connectivity index (χ1n) is 6.70. The quantitative estimate of drug-likeness (QED) is 0.795. The van der Waals surface area contributed by atoms with Gasteiger partial charge in [-0.05, 0) is 42.0 Å². The van der Waals surface area contributed by atoms with E-state index in [0.717, 1.165) is 48.7 Å². The van der Waals surface area contributed by atoms with E-state index >= 15 is 0 Å². The average molecular weight is 326 g/mol. The topological polar surface area (TPSA) is 45.5 Å². The Morgan fingerprint density at radius 3 is 2.89 bits per heavy atom. The average Bonchev–Trinajstić information content (AvgIpc) is 2.86. The summed E-state index contributed by atoms with van der Waals surface area (Å²) < 4.78 is 2.77. The largest absolute Gasteiger partial charge is 0.367 e. The zero-order valence-corrected chi connectivity index (χ0v) is 13.0. The summed E-state index contributed by atoms with van der Waals surface area (Å²) in [6, 6.07) is 0. The molecule has 0 spiro atoms. The maximum atomic E-state index is 4.44. The number of aromatic nitrogens is 3. The molecule has 19 heavy (non-hydrogen) atoms. The predicted octanol–water partition coefficient (Wildman–Crippen LogP) is 2.64. The maximum Gasteiger partial charge on any atom is 0.180 e. The molecule has 0 aliphatic rings. The van der Waals surface area contributed by atoms with Gasteiger partial charge in [0.05, 0.1) is 0 Å². The van der Waals surface area contributed by atoms with Gasteiger partial charge in [0.2, 0.25) is 0 Å². The van der Waals surface area contributed by atoms with Gasteiger partial charge < -0.3 is 14.6 Å². The van der Waals surface area contributed by atoms with E-state index in [4.69, 9.17) is 0 Å². The van der Waals surface area contributed by atoms with Crippen molar-refractivity contribution in [3.8, 4) is 0 Å². The van der Waals surface area contributed by atoms with E-state index < -0.39 is 0 Å². The highest BCUT2D eigenvalue weighted by Crippen LogP contribution is 2.16. The highest BCUT2D eigenvalue weighted by Gasteiger charge is 2.06. The SMILES string of the molecule is CCN(CC)CCCNc1nc(Br)cn2ccnc12. The van der Waals surface area contributed by atoms with Crippen LogP contribution in [0.25, 0.3) is 5.65 Å². The standard InChI is InChI=1S/C13H20BrN5/c1-3-18(4-2)8-5-6-15-12-13-16-7-9-19(13)10-11(14)17-12/h7,9-10H,3-6,8H2,1-2H3,(H,15,17). The van der Waals surface area contributed by atoms with Gasteiger partial charge in [-0.2, -0.15) is 0 Å². The Labute approximate surface area is 122 Å². The number of imidazole rings is 1. The van der Waals surface area contributed by atoms with Gasteiger partial charge in [-0.15, -0.1) is 0 Å². The Kier molecular flexibility index (Phi) is 5.15. The predicted molar refractivity (Wildman–Crippen MR) is 81.6 cm³/mol. The molecule has 104 valence electrons. The van der Waals surface area contributed by atoms with Gasteiger partial charge in [0.1, 0.15) is 4.60 Å². The molecular weight excluding hydrogens is 306 g/mol. The molecule has 0 atom stereocenters. The first-order chi connectivity index (χ1) is 9.24. The molecule has 0 bridgehead atoms. The van der Waals surface area contributed by atoms with E-state index in [1.54, 1.807) is 6.20 Å². The Bertz CT molecular complexity index is 521. The molecule has 1 N–H and O–H groups in total. The minimum atomic E-state index is 0.809. The van der Waals surface area contributed by atoms with Crippen molar-refractivity contribution in [3.63, 3.8) is 0 Å². The van der Waals surface area contributed by atoms with Gasteiger partial charge in [-0.3, -0.25) is 0 Å². The van der Waals surface area contributed by atoms with E-state index in [2.05, 4.69) is 50.0 Å². The van der Waals surface area contributed by atoms with Crippen LogP contribution in [0.1, 0.15) is 20.3 Å². The number of fused-ring (bicyclic) bond motifs is 1. The molecule has 0 aliphatic carbocycles. The molecule has 0 amide bonds. The second-order valence-electron chi connectivity index (χ2n) is 4.38. The molecule has 0 radical (unpaired) electrons. The van der Waals surface area contributed by atoms with Crippen LogP contribution in [-0.4, -0.2) is 45.4 Å². The lowest BCUT2D eigenvalue weighted by molar-refractivity contribution is 0.303. The van der Waals surface area contributed by atoms with E-state index in [0.29, 0.717) is 0 Å². The first kappa shape index (κ1) is 14.3. The summed E-state index contributed by atoms with van der Waals surface area (Å²) in [7, 11) is 0. The van der Waals surface area contributed by atoms with Crippen molar-refractivity contribution in [1.29, 1.82) is 0 Å². The number of hydrogen-bond acceptors (Lipinski definition) is 4. The molecule has 0 unspecified atom stereocenters. The normalized spacial score (nSPS) is 11.4. The maximum absolute atomic E-state index is 4.44. The molecule has 2 aromatic rings. The molecule has 6 heteroatoms. The summed E-state index contributed by atoms with van der Waals surface area (Å²) in [5.41, 5.74) is 0.867. The molecule has 0 aliphatic heterocycles. The van der Waals surface area contributed by atoms with E-state index in [9.17, 15) is 0 Å². The lowest BCUT2D eigenvalue weighted by Gasteiger charge is -2.17. The van der Waals surface area contributed by atoms with Crippen molar-refractivity contribution in [2.45, 2.75) is 20.3 Å². The Morgan fingerprint density at radius 2 is 2.16 bits per heavy atom. The van der Waals surface area contributed by atoms with Crippen LogP contribution in [0, 0.1) is 0 Å². The van der Waals surface area contributed by atoms with E-state index in [1.807, 2.05) is 16.8 Å². The number of rotatable bonds is 7. The zero-order valence-electron chi connectivity index (χ0n) is 11.4. The van der Waals surface area contributed by atoms with Crippen LogP contribution < -0.4 is 5.32 Å². The van der Waals surface area contributed by atoms with Crippen LogP contribution in [0.2, 0.25) is 0 Å². The van der Waals surface area contributed by atoms with E-state index in [-0.39, 0.29) is 0 Å². The highest BCUT2D eigenvalue weighted by molar-refractivity contribution is 9.10. The number of anilines is 1. The van der Waals surface area contributed by atoms with Crippen LogP contribution in [0.15, 0.2) is 23.2 Å². The smallest absolute Gasteiger partial charge is 0.180 e. The number of nitrogens with one attached hydrogen (secondary N) is 1. The molecule has 2 rings (SSSR count). The fourth-order valence-corrected chi connectivity index (χ4v) is 2.47. The lowest BCUT2D eigenvalue weighted by Crippen LogP contribution is -2.25. The summed E-state index contributed by atoms with van der Waals surface area (Å²) in [5.74, 6) is 0.832. The summed E-state index contributed by atoms with van der Waals surface area (Å²) in [4.78, 5) is 11.2. The minimum absolute atomic E-state index is 0.809. The van der Waals surface area contributed by atoms with Gasteiger partial charge in [-0.1, -0.05) is 13.8 Å². The summed E-state index contributed by atoms with van der Waals surface area (Å²) in [6.07, 6.45) is 6.71. The van der Waals surface area contributed by atoms with Gasteiger partial charge in [0, 0.05) is 25.1 Å². The molecule has 2 aromatic heterocycles. The fourth-order valence-electron chi connectivity index (χ4n) is 2.07. The number of nitrogens with zero attached hydrogens (tertiary/aromatic N) is 4. The third kappa shape index (κ3) is 3.67. The fraction of sp³-hybridized carbons (Fsp3) is 0.538. The summed E-state index contributed by atoms with van der Waals surface area (Å²) >= 11 is 3.41. The van der Waals surface area contributed by atoms with Crippen molar-refractivity contribution in [1.82, 2.24) is 19.3 Å². The molecule has 0 aromatic carbocycles. The van der Waals surface area contributed by atoms with Gasteiger partial charge in [0.15, 0.2) is 11.5 Å². The monoisotopic (exact) mass is 325 g/mol. The Hall–Kier alpha value is -1.14. The molecule has 5 nitrogen and oxygen atoms in total. The second kappa shape index (κ2) is 6.86. The van der Waals surface area contributed by atoms with Crippen molar-refractivity contribution in [2.75, 3.05) is 31.5 Å². The van der Waals surface area contributed by atoms with Crippen molar-refractivity contribution < 1.29 is 0 Å². The Morgan fingerprint density at radius 1 is 1.37 bits per heavy atom. The molecule has 0 fully saturated rings. The molecule has 2 heterocycles. The molecule has 0 saturated carbocycles. The first-order valence-corrected chi connectivity index (χ1v) is 7.49. The highest BCUT2D eigenvalue weighted by atomic mass is 79.9. The van der Waals surface area contributed by atoms with Gasteiger partial charge in [0.25, 0.3) is 0 Å². The van der Waals surface area contributed by atoms with Crippen LogP contribution in [0.5, 0.6) is 0 Å². The second-order valence-corrected chi connectivity index (χ2v) is 5.19. The number of hydrogen-bond donors (Lipinski definition) is 1. The minimum Gasteiger partial charge on any atom is -0.367 e. The van der Waals surface area contributed by atoms with Crippen molar-refractivity contribution in [2.24, 2.45) is 0 Å². The lowest BCUT2D eigenvalue weighted by atomic mass is 10.3. The summed E-state index contributed by atoms with van der Waals surface area (Å²) in [5, 5.41) is 3.37. The zero-order chi connectivity index (χ0) is 13.7. The Balaban J connectivity index is 1.92. The third-order valence-corrected chi connectivity index (χ3v) is 3.56. The van der Waals surface area contributed by atoms with Crippen molar-refractivity contribution >= 4 is 27.4 Å². The van der Waals surface area contributed by atoms with E-state index in [1.165, 1.54) is 0 Å². The van der Waals surface area contributed by atoms with Crippen LogP contribution in [0.4, 0.5) is 5.82 Å². The third-order valence-electron chi connectivity index (χ3n) is 3.18. The summed E-state index contributed by atoms with van der Waals surface area (Å²) in [6.45, 7) is 8.62. The molecule has 0 saturated heterocycles. The number of halogens is 1.